The predicted octanol–water partition coefficient (Wildman–Crippen LogP) is 3.52. The molecule has 0 amide bonds. The number of hydrogen-bond donors (Lipinski definition) is 1. The van der Waals surface area contributed by atoms with Crippen LogP contribution in [0.15, 0.2) is 24.5 Å². The number of rotatable bonds is 3. The van der Waals surface area contributed by atoms with Crippen LogP contribution in [0.4, 0.5) is 5.82 Å². The van der Waals surface area contributed by atoms with E-state index in [9.17, 15) is 0 Å². The van der Waals surface area contributed by atoms with Gasteiger partial charge in [0.05, 0.1) is 36.6 Å². The van der Waals surface area contributed by atoms with Crippen molar-refractivity contribution < 1.29 is 4.90 Å². The van der Waals surface area contributed by atoms with Crippen molar-refractivity contribution in [3.05, 3.63) is 50.6 Å². The summed E-state index contributed by atoms with van der Waals surface area (Å²) >= 11 is 14.1. The Morgan fingerprint density at radius 2 is 1.92 bits per heavy atom. The van der Waals surface area contributed by atoms with E-state index in [2.05, 4.69) is 28.7 Å². The Kier molecular flexibility index (Phi) is 5.06. The zero-order valence-corrected chi connectivity index (χ0v) is 17.2. The van der Waals surface area contributed by atoms with Crippen molar-refractivity contribution in [2.75, 3.05) is 31.1 Å². The maximum absolute atomic E-state index is 6.33. The van der Waals surface area contributed by atoms with Gasteiger partial charge in [0.1, 0.15) is 23.5 Å². The molecule has 26 heavy (non-hydrogen) atoms. The van der Waals surface area contributed by atoms with Crippen molar-refractivity contribution >= 4 is 50.6 Å². The van der Waals surface area contributed by atoms with E-state index in [0.29, 0.717) is 5.02 Å². The average molecular weight is 408 g/mol. The van der Waals surface area contributed by atoms with E-state index in [0.717, 1.165) is 54.0 Å². The number of benzene rings is 1. The lowest BCUT2D eigenvalue weighted by molar-refractivity contribution is -0.914. The smallest absolute Gasteiger partial charge is 0.141 e. The van der Waals surface area contributed by atoms with E-state index in [1.807, 2.05) is 18.2 Å². The van der Waals surface area contributed by atoms with Gasteiger partial charge >= 0.3 is 0 Å². The average Bonchev–Trinajstić information content (AvgIpc) is 2.92. The van der Waals surface area contributed by atoms with E-state index < -0.39 is 0 Å². The summed E-state index contributed by atoms with van der Waals surface area (Å²) in [7, 11) is 0. The molecule has 136 valence electrons. The van der Waals surface area contributed by atoms with Crippen LogP contribution in [-0.2, 0) is 6.54 Å². The van der Waals surface area contributed by atoms with E-state index in [-0.39, 0.29) is 0 Å². The van der Waals surface area contributed by atoms with Crippen LogP contribution in [0, 0.1) is 13.8 Å². The van der Waals surface area contributed by atoms with E-state index in [4.69, 9.17) is 23.2 Å². The van der Waals surface area contributed by atoms with Crippen molar-refractivity contribution in [2.45, 2.75) is 20.4 Å². The summed E-state index contributed by atoms with van der Waals surface area (Å²) in [6, 6.07) is 5.78. The monoisotopic (exact) mass is 407 g/mol. The number of quaternary nitrogens is 1. The molecular formula is C19H21Cl2N4S+. The van der Waals surface area contributed by atoms with Gasteiger partial charge in [-0.3, -0.25) is 0 Å². The molecule has 1 aliphatic heterocycles. The fourth-order valence-corrected chi connectivity index (χ4v) is 5.02. The normalized spacial score (nSPS) is 15.8. The van der Waals surface area contributed by atoms with Gasteiger partial charge in [0.25, 0.3) is 0 Å². The molecule has 0 spiro atoms. The van der Waals surface area contributed by atoms with Gasteiger partial charge in [-0.15, -0.1) is 11.3 Å². The second-order valence-electron chi connectivity index (χ2n) is 6.81. The van der Waals surface area contributed by atoms with Gasteiger partial charge in [-0.05, 0) is 31.5 Å². The van der Waals surface area contributed by atoms with Crippen molar-refractivity contribution in [3.63, 3.8) is 0 Å². The van der Waals surface area contributed by atoms with E-state index in [1.165, 1.54) is 20.7 Å². The van der Waals surface area contributed by atoms with Crippen molar-refractivity contribution in [3.8, 4) is 0 Å². The number of fused-ring (bicyclic) bond motifs is 1. The molecule has 3 heterocycles. The van der Waals surface area contributed by atoms with E-state index >= 15 is 0 Å². The van der Waals surface area contributed by atoms with Gasteiger partial charge in [-0.25, -0.2) is 9.97 Å². The molecule has 0 unspecified atom stereocenters. The summed E-state index contributed by atoms with van der Waals surface area (Å²) in [6.07, 6.45) is 1.69. The summed E-state index contributed by atoms with van der Waals surface area (Å²) in [4.78, 5) is 15.4. The molecule has 1 N–H and O–H groups in total. The molecule has 4 nitrogen and oxygen atoms in total. The number of halogens is 2. The Balaban J connectivity index is 1.49. The van der Waals surface area contributed by atoms with Crippen LogP contribution in [0.5, 0.6) is 0 Å². The molecule has 2 aromatic heterocycles. The van der Waals surface area contributed by atoms with Gasteiger partial charge in [-0.1, -0.05) is 29.3 Å². The van der Waals surface area contributed by atoms with Gasteiger partial charge in [0.15, 0.2) is 0 Å². The van der Waals surface area contributed by atoms with Crippen LogP contribution >= 0.6 is 34.5 Å². The highest BCUT2D eigenvalue weighted by Crippen LogP contribution is 2.34. The van der Waals surface area contributed by atoms with Crippen LogP contribution in [-0.4, -0.2) is 36.1 Å². The highest BCUT2D eigenvalue weighted by Gasteiger charge is 2.24. The Morgan fingerprint density at radius 3 is 2.65 bits per heavy atom. The fraction of sp³-hybridized carbons (Fsp3) is 0.368. The summed E-state index contributed by atoms with van der Waals surface area (Å²) < 4.78 is 0. The number of nitrogens with one attached hydrogen (secondary N) is 1. The topological polar surface area (TPSA) is 33.5 Å². The van der Waals surface area contributed by atoms with Crippen molar-refractivity contribution in [1.82, 2.24) is 9.97 Å². The van der Waals surface area contributed by atoms with Crippen LogP contribution < -0.4 is 9.80 Å². The van der Waals surface area contributed by atoms with Crippen LogP contribution in [0.25, 0.3) is 10.2 Å². The fourth-order valence-electron chi connectivity index (χ4n) is 3.55. The Morgan fingerprint density at radius 1 is 1.15 bits per heavy atom. The van der Waals surface area contributed by atoms with Gasteiger partial charge < -0.3 is 9.80 Å². The summed E-state index contributed by atoms with van der Waals surface area (Å²) in [5.74, 6) is 1.08. The number of nitrogens with zero attached hydrogens (tertiary/aromatic N) is 3. The first kappa shape index (κ1) is 18.0. The first-order chi connectivity index (χ1) is 12.5. The number of thiophene rings is 1. The number of aromatic nitrogens is 2. The molecule has 1 aromatic carbocycles. The molecule has 3 aromatic rings. The van der Waals surface area contributed by atoms with Gasteiger partial charge in [0.2, 0.25) is 0 Å². The quantitative estimate of drug-likeness (QED) is 0.720. The highest BCUT2D eigenvalue weighted by atomic mass is 35.5. The third-order valence-corrected chi connectivity index (χ3v) is 6.87. The maximum atomic E-state index is 6.33. The van der Waals surface area contributed by atoms with Crippen LogP contribution in [0.2, 0.25) is 10.0 Å². The highest BCUT2D eigenvalue weighted by molar-refractivity contribution is 7.18. The Hall–Kier alpha value is -1.40. The second-order valence-corrected chi connectivity index (χ2v) is 8.86. The first-order valence-corrected chi connectivity index (χ1v) is 10.3. The molecule has 0 saturated carbocycles. The predicted molar refractivity (Wildman–Crippen MR) is 110 cm³/mol. The molecule has 7 heteroatoms. The van der Waals surface area contributed by atoms with E-state index in [1.54, 1.807) is 17.7 Å². The Bertz CT molecular complexity index is 948. The SMILES string of the molecule is Cc1sc2ncnc(N3CC[NH+](Cc4ccc(Cl)cc4Cl)CC3)c2c1C. The molecule has 1 fully saturated rings. The molecule has 0 aliphatic carbocycles. The number of piperazine rings is 1. The third-order valence-electron chi connectivity index (χ3n) is 5.17. The molecule has 4 rings (SSSR count). The van der Waals surface area contributed by atoms with Crippen LogP contribution in [0.1, 0.15) is 16.0 Å². The molecule has 0 atom stereocenters. The minimum absolute atomic E-state index is 0.688. The molecular weight excluding hydrogens is 387 g/mol. The first-order valence-electron chi connectivity index (χ1n) is 8.76. The standard InChI is InChI=1S/C19H20Cl2N4S/c1-12-13(2)26-19-17(12)18(22-11-23-19)25-7-5-24(6-8-25)10-14-3-4-15(20)9-16(14)21/h3-4,9,11H,5-8,10H2,1-2H3/p+1. The molecule has 0 radical (unpaired) electrons. The third kappa shape index (κ3) is 3.41. The lowest BCUT2D eigenvalue weighted by Gasteiger charge is -2.33. The summed E-state index contributed by atoms with van der Waals surface area (Å²) in [5.41, 5.74) is 2.47. The minimum Gasteiger partial charge on any atom is -0.345 e. The summed E-state index contributed by atoms with van der Waals surface area (Å²) in [5, 5.41) is 2.67. The summed E-state index contributed by atoms with van der Waals surface area (Å²) in [6.45, 7) is 9.36. The van der Waals surface area contributed by atoms with Crippen molar-refractivity contribution in [2.24, 2.45) is 0 Å². The zero-order valence-electron chi connectivity index (χ0n) is 14.9. The maximum Gasteiger partial charge on any atom is 0.141 e. The minimum atomic E-state index is 0.688. The largest absolute Gasteiger partial charge is 0.345 e. The lowest BCUT2D eigenvalue weighted by Crippen LogP contribution is -3.13. The molecule has 0 bridgehead atoms. The van der Waals surface area contributed by atoms with Crippen molar-refractivity contribution in [1.29, 1.82) is 0 Å². The number of hydrogen-bond acceptors (Lipinski definition) is 4. The van der Waals surface area contributed by atoms with Gasteiger partial charge in [-0.2, -0.15) is 0 Å². The zero-order chi connectivity index (χ0) is 18.3. The van der Waals surface area contributed by atoms with Gasteiger partial charge in [0, 0.05) is 15.5 Å². The molecule has 1 aliphatic rings. The second kappa shape index (κ2) is 7.31. The number of anilines is 1. The molecule has 1 saturated heterocycles. The lowest BCUT2D eigenvalue weighted by atomic mass is 10.1. The number of aryl methyl sites for hydroxylation is 2. The van der Waals surface area contributed by atoms with Crippen LogP contribution in [0.3, 0.4) is 0 Å². The Labute approximate surface area is 167 Å².